The first kappa shape index (κ1) is 19.0. The van der Waals surface area contributed by atoms with E-state index in [1.807, 2.05) is 41.4 Å². The lowest BCUT2D eigenvalue weighted by Gasteiger charge is -2.30. The molecule has 0 radical (unpaired) electrons. The molecule has 6 rings (SSSR count). The van der Waals surface area contributed by atoms with Gasteiger partial charge in [-0.2, -0.15) is 0 Å². The van der Waals surface area contributed by atoms with Crippen LogP contribution in [0, 0.1) is 0 Å². The molecule has 2 aliphatic heterocycles. The zero-order valence-corrected chi connectivity index (χ0v) is 17.7. The molecule has 1 amide bonds. The number of H-pyrrole nitrogens is 1. The first-order valence-corrected chi connectivity index (χ1v) is 11.1. The molecular weight excluding hydrogens is 400 g/mol. The van der Waals surface area contributed by atoms with Crippen LogP contribution in [0.25, 0.3) is 10.9 Å². The summed E-state index contributed by atoms with van der Waals surface area (Å²) in [5, 5.41) is 1.15. The summed E-state index contributed by atoms with van der Waals surface area (Å²) in [6.07, 6.45) is 3.35. The van der Waals surface area contributed by atoms with E-state index < -0.39 is 0 Å². The van der Waals surface area contributed by atoms with Gasteiger partial charge in [0.05, 0.1) is 0 Å². The Morgan fingerprint density at radius 3 is 2.72 bits per heavy atom. The largest absolute Gasteiger partial charge is 0.454 e. The standard InChI is InChI=1S/C27H24N2O3/c30-27(29-12-11-18-5-1-2-6-20(18)16-29)14-22(19-9-10-25-26(13-19)32-17-31-25)23-15-28-24-8-4-3-7-21(23)24/h1-10,13,15,22,28H,11-12,14,16-17H2. The molecule has 0 bridgehead atoms. The third-order valence-corrected chi connectivity index (χ3v) is 6.66. The second kappa shape index (κ2) is 7.75. The normalized spacial score (nSPS) is 15.6. The second-order valence-electron chi connectivity index (χ2n) is 8.49. The van der Waals surface area contributed by atoms with Crippen molar-refractivity contribution < 1.29 is 14.3 Å². The van der Waals surface area contributed by atoms with Crippen LogP contribution in [-0.4, -0.2) is 29.1 Å². The zero-order chi connectivity index (χ0) is 21.5. The van der Waals surface area contributed by atoms with E-state index in [0.29, 0.717) is 13.0 Å². The van der Waals surface area contributed by atoms with Gasteiger partial charge in [0.15, 0.2) is 11.5 Å². The highest BCUT2D eigenvalue weighted by Crippen LogP contribution is 2.40. The predicted octanol–water partition coefficient (Wildman–Crippen LogP) is 5.00. The number of hydrogen-bond acceptors (Lipinski definition) is 3. The minimum Gasteiger partial charge on any atom is -0.454 e. The molecule has 0 aliphatic carbocycles. The van der Waals surface area contributed by atoms with Crippen molar-refractivity contribution in [1.82, 2.24) is 9.88 Å². The van der Waals surface area contributed by atoms with Crippen molar-refractivity contribution in [2.24, 2.45) is 0 Å². The van der Waals surface area contributed by atoms with Gasteiger partial charge in [0.2, 0.25) is 12.7 Å². The molecule has 0 spiro atoms. The maximum absolute atomic E-state index is 13.5. The van der Waals surface area contributed by atoms with Crippen molar-refractivity contribution in [3.05, 3.63) is 95.2 Å². The molecule has 3 heterocycles. The van der Waals surface area contributed by atoms with Crippen molar-refractivity contribution in [2.45, 2.75) is 25.3 Å². The Bertz CT molecular complexity index is 1310. The first-order valence-electron chi connectivity index (χ1n) is 11.1. The van der Waals surface area contributed by atoms with Gasteiger partial charge in [-0.25, -0.2) is 0 Å². The summed E-state index contributed by atoms with van der Waals surface area (Å²) in [5.74, 6) is 1.59. The average molecular weight is 425 g/mol. The highest BCUT2D eigenvalue weighted by molar-refractivity contribution is 5.86. The molecule has 3 aromatic carbocycles. The van der Waals surface area contributed by atoms with Gasteiger partial charge in [0, 0.05) is 42.5 Å². The van der Waals surface area contributed by atoms with Gasteiger partial charge in [0.25, 0.3) is 0 Å². The second-order valence-corrected chi connectivity index (χ2v) is 8.49. The summed E-state index contributed by atoms with van der Waals surface area (Å²) in [4.78, 5) is 18.9. The number of benzene rings is 3. The highest BCUT2D eigenvalue weighted by Gasteiger charge is 2.27. The van der Waals surface area contributed by atoms with Gasteiger partial charge in [-0.15, -0.1) is 0 Å². The number of aromatic amines is 1. The number of aromatic nitrogens is 1. The summed E-state index contributed by atoms with van der Waals surface area (Å²) in [7, 11) is 0. The Labute approximate surface area is 186 Å². The molecular formula is C27H24N2O3. The van der Waals surface area contributed by atoms with Crippen molar-refractivity contribution in [3.63, 3.8) is 0 Å². The first-order chi connectivity index (χ1) is 15.8. The topological polar surface area (TPSA) is 54.6 Å². The Hall–Kier alpha value is -3.73. The van der Waals surface area contributed by atoms with Gasteiger partial charge in [-0.05, 0) is 46.9 Å². The summed E-state index contributed by atoms with van der Waals surface area (Å²) < 4.78 is 11.1. The predicted molar refractivity (Wildman–Crippen MR) is 123 cm³/mol. The summed E-state index contributed by atoms with van der Waals surface area (Å²) >= 11 is 0. The fraction of sp³-hybridized carbons (Fsp3) is 0.222. The van der Waals surface area contributed by atoms with Crippen LogP contribution in [0.4, 0.5) is 0 Å². The third kappa shape index (κ3) is 3.30. The van der Waals surface area contributed by atoms with Crippen molar-refractivity contribution in [3.8, 4) is 11.5 Å². The lowest BCUT2D eigenvalue weighted by Crippen LogP contribution is -2.36. The van der Waals surface area contributed by atoms with E-state index in [1.165, 1.54) is 11.1 Å². The number of amides is 1. The smallest absolute Gasteiger partial charge is 0.231 e. The minimum atomic E-state index is -0.0784. The van der Waals surface area contributed by atoms with E-state index in [0.717, 1.165) is 46.5 Å². The van der Waals surface area contributed by atoms with Crippen LogP contribution in [0.5, 0.6) is 11.5 Å². The Balaban J connectivity index is 1.35. The molecule has 4 aromatic rings. The van der Waals surface area contributed by atoms with Gasteiger partial charge in [-0.1, -0.05) is 48.5 Å². The maximum Gasteiger partial charge on any atom is 0.231 e. The lowest BCUT2D eigenvalue weighted by atomic mass is 9.87. The summed E-state index contributed by atoms with van der Waals surface area (Å²) in [6, 6.07) is 22.7. The minimum absolute atomic E-state index is 0.0784. The van der Waals surface area contributed by atoms with Crippen LogP contribution >= 0.6 is 0 Å². The number of carbonyl (C=O) groups excluding carboxylic acids is 1. The number of nitrogens with one attached hydrogen (secondary N) is 1. The molecule has 0 fully saturated rings. The SMILES string of the molecule is O=C(CC(c1ccc2c(c1)OCO2)c1c[nH]c2ccccc12)N1CCc2ccccc2C1. The fourth-order valence-corrected chi connectivity index (χ4v) is 4.93. The molecule has 160 valence electrons. The number of ether oxygens (including phenoxy) is 2. The molecule has 0 saturated heterocycles. The number of rotatable bonds is 4. The van der Waals surface area contributed by atoms with Crippen LogP contribution in [0.2, 0.25) is 0 Å². The third-order valence-electron chi connectivity index (χ3n) is 6.66. The van der Waals surface area contributed by atoms with Crippen LogP contribution in [-0.2, 0) is 17.8 Å². The summed E-state index contributed by atoms with van der Waals surface area (Å²) in [6.45, 7) is 1.68. The molecule has 1 unspecified atom stereocenters. The van der Waals surface area contributed by atoms with Gasteiger partial charge >= 0.3 is 0 Å². The molecule has 1 aromatic heterocycles. The molecule has 1 atom stereocenters. The van der Waals surface area contributed by atoms with Gasteiger partial charge in [0.1, 0.15) is 0 Å². The van der Waals surface area contributed by atoms with E-state index >= 15 is 0 Å². The quantitative estimate of drug-likeness (QED) is 0.501. The van der Waals surface area contributed by atoms with Gasteiger partial charge in [-0.3, -0.25) is 4.79 Å². The monoisotopic (exact) mass is 424 g/mol. The van der Waals surface area contributed by atoms with Crippen LogP contribution in [0.3, 0.4) is 0 Å². The van der Waals surface area contributed by atoms with Crippen LogP contribution in [0.15, 0.2) is 72.9 Å². The van der Waals surface area contributed by atoms with E-state index in [2.05, 4.69) is 41.4 Å². The van der Waals surface area contributed by atoms with Crippen LogP contribution in [0.1, 0.15) is 34.6 Å². The average Bonchev–Trinajstić information content (AvgIpc) is 3.48. The summed E-state index contributed by atoms with van der Waals surface area (Å²) in [5.41, 5.74) is 5.86. The highest BCUT2D eigenvalue weighted by atomic mass is 16.7. The molecule has 5 heteroatoms. The number of hydrogen-bond donors (Lipinski definition) is 1. The molecule has 32 heavy (non-hydrogen) atoms. The van der Waals surface area contributed by atoms with Crippen molar-refractivity contribution in [1.29, 1.82) is 0 Å². The van der Waals surface area contributed by atoms with Gasteiger partial charge < -0.3 is 19.4 Å². The Morgan fingerprint density at radius 2 is 1.78 bits per heavy atom. The van der Waals surface area contributed by atoms with E-state index in [1.54, 1.807) is 0 Å². The molecule has 0 saturated carbocycles. The number of para-hydroxylation sites is 1. The maximum atomic E-state index is 13.5. The molecule has 2 aliphatic rings. The fourth-order valence-electron chi connectivity index (χ4n) is 4.93. The Morgan fingerprint density at radius 1 is 0.969 bits per heavy atom. The van der Waals surface area contributed by atoms with E-state index in [9.17, 15) is 4.79 Å². The van der Waals surface area contributed by atoms with E-state index in [-0.39, 0.29) is 18.6 Å². The number of fused-ring (bicyclic) bond motifs is 3. The molecule has 5 nitrogen and oxygen atoms in total. The van der Waals surface area contributed by atoms with Crippen molar-refractivity contribution >= 4 is 16.8 Å². The van der Waals surface area contributed by atoms with Crippen LogP contribution < -0.4 is 9.47 Å². The Kier molecular flexibility index (Phi) is 4.60. The van der Waals surface area contributed by atoms with Crippen molar-refractivity contribution in [2.75, 3.05) is 13.3 Å². The zero-order valence-electron chi connectivity index (χ0n) is 17.7. The number of carbonyl (C=O) groups is 1. The van der Waals surface area contributed by atoms with E-state index in [4.69, 9.17) is 9.47 Å². The number of nitrogens with zero attached hydrogens (tertiary/aromatic N) is 1. The molecule has 1 N–H and O–H groups in total. The lowest BCUT2D eigenvalue weighted by molar-refractivity contribution is -0.132.